The van der Waals surface area contributed by atoms with Crippen LogP contribution in [0.2, 0.25) is 0 Å². The van der Waals surface area contributed by atoms with E-state index in [2.05, 4.69) is 0 Å². The summed E-state index contributed by atoms with van der Waals surface area (Å²) in [6, 6.07) is 0. The van der Waals surface area contributed by atoms with Crippen LogP contribution in [0.4, 0.5) is 0 Å². The van der Waals surface area contributed by atoms with E-state index in [-0.39, 0.29) is 18.0 Å². The first kappa shape index (κ1) is 10.1. The van der Waals surface area contributed by atoms with E-state index in [1.54, 1.807) is 13.8 Å². The number of amides is 1. The van der Waals surface area contributed by atoms with Crippen LogP contribution < -0.4 is 0 Å². The highest BCUT2D eigenvalue weighted by Crippen LogP contribution is 2.29. The first-order valence-corrected chi connectivity index (χ1v) is 4.25. The molecule has 1 N–H and O–H groups in total. The summed E-state index contributed by atoms with van der Waals surface area (Å²) >= 11 is 5.70. The average molecular weight is 204 g/mol. The van der Waals surface area contributed by atoms with Gasteiger partial charge in [0.15, 0.2) is 0 Å². The van der Waals surface area contributed by atoms with E-state index < -0.39 is 11.5 Å². The molecule has 0 aliphatic carbocycles. The van der Waals surface area contributed by atoms with Gasteiger partial charge in [0.2, 0.25) is 5.91 Å². The molecule has 0 radical (unpaired) electrons. The van der Waals surface area contributed by atoms with Crippen LogP contribution in [0.5, 0.6) is 0 Å². The molecule has 13 heavy (non-hydrogen) atoms. The van der Waals surface area contributed by atoms with Crippen molar-refractivity contribution in [1.29, 1.82) is 0 Å². The topological polar surface area (TPSA) is 57.6 Å². The third-order valence-corrected chi connectivity index (χ3v) is 2.16. The van der Waals surface area contributed by atoms with Gasteiger partial charge in [0.25, 0.3) is 0 Å². The number of carboxylic acids is 1. The second-order valence-electron chi connectivity index (χ2n) is 3.06. The van der Waals surface area contributed by atoms with Crippen molar-refractivity contribution in [3.63, 3.8) is 0 Å². The predicted octanol–water partition coefficient (Wildman–Crippen LogP) is 1.16. The molecule has 0 aromatic rings. The molecule has 0 spiro atoms. The maximum atomic E-state index is 11.0. The maximum Gasteiger partial charge on any atom is 0.352 e. The summed E-state index contributed by atoms with van der Waals surface area (Å²) in [5.74, 6) is -1.35. The number of hydrogen-bond donors (Lipinski definition) is 1. The van der Waals surface area contributed by atoms with Crippen LogP contribution >= 0.6 is 11.6 Å². The number of β-lactam (4-membered cyclic amide) rings is 1. The fourth-order valence-corrected chi connectivity index (χ4v) is 1.54. The largest absolute Gasteiger partial charge is 0.477 e. The molecule has 5 heteroatoms. The van der Waals surface area contributed by atoms with Gasteiger partial charge in [-0.05, 0) is 19.4 Å². The van der Waals surface area contributed by atoms with Crippen molar-refractivity contribution in [2.75, 3.05) is 0 Å². The van der Waals surface area contributed by atoms with Crippen molar-refractivity contribution in [2.45, 2.75) is 25.8 Å². The van der Waals surface area contributed by atoms with Crippen LogP contribution in [0.15, 0.2) is 11.3 Å². The zero-order chi connectivity index (χ0) is 10.2. The lowest BCUT2D eigenvalue weighted by molar-refractivity contribution is -0.146. The van der Waals surface area contributed by atoms with Crippen LogP contribution in [0, 0.1) is 0 Å². The second kappa shape index (κ2) is 3.38. The number of alkyl halides is 1. The number of aliphatic carboxylic acids is 1. The fourth-order valence-electron chi connectivity index (χ4n) is 1.20. The molecule has 1 amide bonds. The third kappa shape index (κ3) is 1.67. The predicted molar refractivity (Wildman–Crippen MR) is 47.1 cm³/mol. The molecule has 1 heterocycles. The summed E-state index contributed by atoms with van der Waals surface area (Å²) in [5.41, 5.74) is 0.0657. The summed E-state index contributed by atoms with van der Waals surface area (Å²) in [4.78, 5) is 22.9. The highest BCUT2D eigenvalue weighted by molar-refractivity contribution is 6.25. The van der Waals surface area contributed by atoms with Crippen LogP contribution in [-0.4, -0.2) is 27.4 Å². The molecule has 72 valence electrons. The van der Waals surface area contributed by atoms with Crippen molar-refractivity contribution in [3.8, 4) is 0 Å². The summed E-state index contributed by atoms with van der Waals surface area (Å²) in [6.45, 7) is 3.28. The quantitative estimate of drug-likeness (QED) is 0.317. The molecule has 1 saturated heterocycles. The number of nitrogens with zero attached hydrogens (tertiary/aromatic N) is 1. The Balaban J connectivity index is 2.97. The van der Waals surface area contributed by atoms with E-state index in [9.17, 15) is 9.59 Å². The molecule has 1 aliphatic heterocycles. The van der Waals surface area contributed by atoms with Gasteiger partial charge in [0.1, 0.15) is 11.2 Å². The van der Waals surface area contributed by atoms with E-state index >= 15 is 0 Å². The smallest absolute Gasteiger partial charge is 0.352 e. The lowest BCUT2D eigenvalue weighted by Gasteiger charge is -2.36. The van der Waals surface area contributed by atoms with E-state index in [0.717, 1.165) is 4.90 Å². The number of hydrogen-bond acceptors (Lipinski definition) is 2. The molecule has 1 unspecified atom stereocenters. The molecular weight excluding hydrogens is 194 g/mol. The molecule has 1 fully saturated rings. The monoisotopic (exact) mass is 203 g/mol. The van der Waals surface area contributed by atoms with Gasteiger partial charge in [-0.15, -0.1) is 0 Å². The molecule has 1 rings (SSSR count). The number of allylic oxidation sites excluding steroid dienone is 1. The minimum Gasteiger partial charge on any atom is -0.477 e. The van der Waals surface area contributed by atoms with Crippen molar-refractivity contribution in [1.82, 2.24) is 4.90 Å². The highest BCUT2D eigenvalue weighted by atomic mass is 35.5. The van der Waals surface area contributed by atoms with Gasteiger partial charge in [0.05, 0.1) is 6.42 Å². The van der Waals surface area contributed by atoms with Gasteiger partial charge in [0, 0.05) is 0 Å². The molecular formula is C8H10ClNO3. The second-order valence-corrected chi connectivity index (χ2v) is 3.56. The molecule has 0 saturated carbocycles. The Morgan fingerprint density at radius 2 is 2.15 bits per heavy atom. The van der Waals surface area contributed by atoms with Crippen molar-refractivity contribution < 1.29 is 14.7 Å². The summed E-state index contributed by atoms with van der Waals surface area (Å²) in [7, 11) is 0. The average Bonchev–Trinajstić information content (AvgIpc) is 1.99. The number of carbonyl (C=O) groups excluding carboxylic acids is 1. The Kier molecular flexibility index (Phi) is 2.61. The van der Waals surface area contributed by atoms with Crippen LogP contribution in [0.3, 0.4) is 0 Å². The summed E-state index contributed by atoms with van der Waals surface area (Å²) in [5, 5.41) is 8.80. The SMILES string of the molecule is CC(C)=C(C(=O)O)N1C(=O)CC1Cl. The molecule has 4 nitrogen and oxygen atoms in total. The van der Waals surface area contributed by atoms with Crippen LogP contribution in [0.1, 0.15) is 20.3 Å². The Bertz CT molecular complexity index is 294. The molecule has 1 atom stereocenters. The number of halogens is 1. The number of carboxylic acid groups (broad SMARTS) is 1. The first-order chi connectivity index (χ1) is 5.95. The lowest BCUT2D eigenvalue weighted by Crippen LogP contribution is -2.50. The van der Waals surface area contributed by atoms with E-state index in [1.165, 1.54) is 0 Å². The van der Waals surface area contributed by atoms with Crippen molar-refractivity contribution >= 4 is 23.5 Å². The molecule has 0 bridgehead atoms. The Labute approximate surface area is 80.8 Å². The summed E-state index contributed by atoms with van der Waals surface area (Å²) < 4.78 is 0. The summed E-state index contributed by atoms with van der Waals surface area (Å²) in [6.07, 6.45) is 0.214. The standard InChI is InChI=1S/C8H10ClNO3/c1-4(2)7(8(12)13)10-5(9)3-6(10)11/h5H,3H2,1-2H3,(H,12,13). The number of carbonyl (C=O) groups is 2. The molecule has 1 aliphatic rings. The fraction of sp³-hybridized carbons (Fsp3) is 0.500. The highest BCUT2D eigenvalue weighted by Gasteiger charge is 2.39. The first-order valence-electron chi connectivity index (χ1n) is 3.82. The van der Waals surface area contributed by atoms with Gasteiger partial charge in [-0.2, -0.15) is 0 Å². The zero-order valence-corrected chi connectivity index (χ0v) is 8.13. The van der Waals surface area contributed by atoms with Gasteiger partial charge in [-0.3, -0.25) is 9.69 Å². The Morgan fingerprint density at radius 1 is 1.62 bits per heavy atom. The lowest BCUT2D eigenvalue weighted by atomic mass is 10.1. The minimum absolute atomic E-state index is 0.00347. The van der Waals surface area contributed by atoms with E-state index in [4.69, 9.17) is 16.7 Å². The van der Waals surface area contributed by atoms with E-state index in [0.29, 0.717) is 5.57 Å². The zero-order valence-electron chi connectivity index (χ0n) is 7.37. The van der Waals surface area contributed by atoms with Crippen molar-refractivity contribution in [3.05, 3.63) is 11.3 Å². The van der Waals surface area contributed by atoms with Gasteiger partial charge < -0.3 is 5.11 Å². The number of rotatable bonds is 2. The maximum absolute atomic E-state index is 11.0. The normalized spacial score (nSPS) is 21.0. The van der Waals surface area contributed by atoms with E-state index in [1.807, 2.05) is 0 Å². The Morgan fingerprint density at radius 3 is 2.31 bits per heavy atom. The van der Waals surface area contributed by atoms with Crippen molar-refractivity contribution in [2.24, 2.45) is 0 Å². The number of likely N-dealkylation sites (tertiary alicyclic amines) is 1. The molecule has 0 aromatic heterocycles. The van der Waals surface area contributed by atoms with Gasteiger partial charge >= 0.3 is 5.97 Å². The van der Waals surface area contributed by atoms with Gasteiger partial charge in [-0.25, -0.2) is 4.79 Å². The van der Waals surface area contributed by atoms with Crippen LogP contribution in [0.25, 0.3) is 0 Å². The third-order valence-electron chi connectivity index (χ3n) is 1.81. The van der Waals surface area contributed by atoms with Crippen LogP contribution in [-0.2, 0) is 9.59 Å². The minimum atomic E-state index is -1.11. The molecule has 0 aromatic carbocycles. The Hall–Kier alpha value is -1.03. The van der Waals surface area contributed by atoms with Gasteiger partial charge in [-0.1, -0.05) is 11.6 Å².